The lowest BCUT2D eigenvalue weighted by molar-refractivity contribution is 0.00700. The van der Waals surface area contributed by atoms with Gasteiger partial charge >= 0.3 is 6.09 Å². The van der Waals surface area contributed by atoms with Crippen molar-refractivity contribution >= 4 is 42.0 Å². The van der Waals surface area contributed by atoms with Gasteiger partial charge < -0.3 is 25.2 Å². The highest BCUT2D eigenvalue weighted by molar-refractivity contribution is 14.0. The molecule has 0 saturated carbocycles. The summed E-state index contributed by atoms with van der Waals surface area (Å²) in [6.07, 6.45) is 4.34. The fraction of sp³-hybridized carbons (Fsp3) is 0.727. The third kappa shape index (κ3) is 9.11. The van der Waals surface area contributed by atoms with Crippen molar-refractivity contribution in [1.82, 2.24) is 30.4 Å². The Hall–Kier alpha value is -1.89. The lowest BCUT2D eigenvalue weighted by Crippen LogP contribution is -2.63. The van der Waals surface area contributed by atoms with Gasteiger partial charge in [0, 0.05) is 71.3 Å². The molecule has 3 heterocycles. The maximum atomic E-state index is 12.1. The van der Waals surface area contributed by atoms with E-state index in [0.717, 1.165) is 64.1 Å². The van der Waals surface area contributed by atoms with E-state index >= 15 is 0 Å². The second-order valence-corrected chi connectivity index (χ2v) is 9.22. The molecule has 0 aromatic carbocycles. The first-order valence-corrected chi connectivity index (χ1v) is 11.6. The number of nitrogens with one attached hydrogen (secondary N) is 2. The molecule has 0 spiro atoms. The van der Waals surface area contributed by atoms with Crippen LogP contribution in [-0.4, -0.2) is 102 Å². The van der Waals surface area contributed by atoms with Crippen LogP contribution in [0.5, 0.6) is 0 Å². The van der Waals surface area contributed by atoms with Crippen LogP contribution < -0.4 is 15.5 Å². The van der Waals surface area contributed by atoms with Gasteiger partial charge in [-0.2, -0.15) is 0 Å². The van der Waals surface area contributed by atoms with Crippen molar-refractivity contribution < 1.29 is 9.53 Å². The summed E-state index contributed by atoms with van der Waals surface area (Å²) in [6, 6.07) is 2.05. The predicted molar refractivity (Wildman–Crippen MR) is 141 cm³/mol. The number of nitrogens with zero attached hydrogens (tertiary/aromatic N) is 6. The lowest BCUT2D eigenvalue weighted by atomic mass is 10.1. The molecule has 2 aliphatic heterocycles. The molecule has 10 nitrogen and oxygen atoms in total. The number of likely N-dealkylation sites (tertiary alicyclic amines) is 1. The third-order valence-electron chi connectivity index (χ3n) is 5.33. The molecule has 2 saturated heterocycles. The molecule has 1 aromatic heterocycles. The van der Waals surface area contributed by atoms with Crippen molar-refractivity contribution in [3.8, 4) is 0 Å². The first-order valence-electron chi connectivity index (χ1n) is 11.6. The molecule has 33 heavy (non-hydrogen) atoms. The maximum Gasteiger partial charge on any atom is 0.410 e. The molecule has 0 radical (unpaired) electrons. The van der Waals surface area contributed by atoms with E-state index in [1.54, 1.807) is 17.3 Å². The van der Waals surface area contributed by atoms with E-state index in [2.05, 4.69) is 37.3 Å². The smallest absolute Gasteiger partial charge is 0.410 e. The Balaban J connectivity index is 0.00000385. The maximum absolute atomic E-state index is 12.1. The summed E-state index contributed by atoms with van der Waals surface area (Å²) in [4.78, 5) is 31.9. The standard InChI is InChI=1S/C22H38N8O2.HI/c1-5-23-19(27-18-16-30(17-18)21(31)32-22(2,3)4)24-10-7-11-28-12-14-29(15-13-28)20-25-8-6-9-26-20;/h6,8-9,18H,5,7,10-17H2,1-4H3,(H2,23,24,27);1H. The average molecular weight is 575 g/mol. The number of halogens is 1. The van der Waals surface area contributed by atoms with Crippen molar-refractivity contribution in [3.05, 3.63) is 18.5 Å². The number of ether oxygens (including phenoxy) is 1. The van der Waals surface area contributed by atoms with Crippen molar-refractivity contribution in [3.63, 3.8) is 0 Å². The summed E-state index contributed by atoms with van der Waals surface area (Å²) in [7, 11) is 0. The van der Waals surface area contributed by atoms with Crippen LogP contribution in [0.15, 0.2) is 23.5 Å². The first-order chi connectivity index (χ1) is 15.3. The molecule has 1 amide bonds. The van der Waals surface area contributed by atoms with Crippen molar-refractivity contribution in [2.75, 3.05) is 63.8 Å². The monoisotopic (exact) mass is 574 g/mol. The summed E-state index contributed by atoms with van der Waals surface area (Å²) >= 11 is 0. The number of amides is 1. The van der Waals surface area contributed by atoms with Crippen molar-refractivity contribution in [2.45, 2.75) is 45.8 Å². The van der Waals surface area contributed by atoms with Gasteiger partial charge in [0.2, 0.25) is 5.95 Å². The van der Waals surface area contributed by atoms with Gasteiger partial charge in [0.15, 0.2) is 5.96 Å². The van der Waals surface area contributed by atoms with Crippen molar-refractivity contribution in [1.29, 1.82) is 0 Å². The first kappa shape index (κ1) is 27.4. The molecule has 186 valence electrons. The number of rotatable bonds is 7. The van der Waals surface area contributed by atoms with Crippen LogP contribution in [0.25, 0.3) is 0 Å². The Kier molecular flexibility index (Phi) is 10.9. The van der Waals surface area contributed by atoms with Crippen LogP contribution in [0.2, 0.25) is 0 Å². The number of carbonyl (C=O) groups excluding carboxylic acids is 1. The number of anilines is 1. The molecular formula is C22H39IN8O2. The number of piperazine rings is 1. The van der Waals surface area contributed by atoms with Gasteiger partial charge in [0.25, 0.3) is 0 Å². The molecule has 11 heteroatoms. The highest BCUT2D eigenvalue weighted by atomic mass is 127. The van der Waals surface area contributed by atoms with E-state index in [-0.39, 0.29) is 36.1 Å². The third-order valence-corrected chi connectivity index (χ3v) is 5.33. The zero-order valence-electron chi connectivity index (χ0n) is 20.3. The van der Waals surface area contributed by atoms with E-state index in [1.165, 1.54) is 0 Å². The number of aromatic nitrogens is 2. The highest BCUT2D eigenvalue weighted by Crippen LogP contribution is 2.15. The summed E-state index contributed by atoms with van der Waals surface area (Å²) in [5, 5.41) is 6.72. The Morgan fingerprint density at radius 2 is 1.85 bits per heavy atom. The Bertz CT molecular complexity index is 745. The van der Waals surface area contributed by atoms with E-state index < -0.39 is 5.60 Å². The fourth-order valence-electron chi connectivity index (χ4n) is 3.67. The second-order valence-electron chi connectivity index (χ2n) is 9.22. The van der Waals surface area contributed by atoms with Crippen LogP contribution in [0.3, 0.4) is 0 Å². The molecule has 3 rings (SSSR count). The summed E-state index contributed by atoms with van der Waals surface area (Å²) < 4.78 is 5.41. The molecule has 0 bridgehead atoms. The van der Waals surface area contributed by atoms with E-state index in [4.69, 9.17) is 9.73 Å². The zero-order chi connectivity index (χ0) is 23.0. The minimum atomic E-state index is -0.464. The van der Waals surface area contributed by atoms with Gasteiger partial charge in [-0.3, -0.25) is 9.89 Å². The zero-order valence-corrected chi connectivity index (χ0v) is 22.6. The molecular weight excluding hydrogens is 535 g/mol. The lowest BCUT2D eigenvalue weighted by Gasteiger charge is -2.40. The Morgan fingerprint density at radius 3 is 2.45 bits per heavy atom. The van der Waals surface area contributed by atoms with Crippen LogP contribution in [0, 0.1) is 0 Å². The summed E-state index contributed by atoms with van der Waals surface area (Å²) in [6.45, 7) is 15.5. The van der Waals surface area contributed by atoms with E-state index in [1.807, 2.05) is 26.8 Å². The van der Waals surface area contributed by atoms with Crippen molar-refractivity contribution in [2.24, 2.45) is 4.99 Å². The molecule has 0 aliphatic carbocycles. The molecule has 2 N–H and O–H groups in total. The summed E-state index contributed by atoms with van der Waals surface area (Å²) in [5.74, 6) is 1.63. The molecule has 1 aromatic rings. The van der Waals surface area contributed by atoms with Crippen LogP contribution >= 0.6 is 24.0 Å². The Morgan fingerprint density at radius 1 is 1.18 bits per heavy atom. The van der Waals surface area contributed by atoms with Gasteiger partial charge in [-0.1, -0.05) is 0 Å². The second kappa shape index (κ2) is 13.1. The van der Waals surface area contributed by atoms with E-state index in [9.17, 15) is 4.79 Å². The minimum absolute atomic E-state index is 0. The van der Waals surface area contributed by atoms with E-state index in [0.29, 0.717) is 13.1 Å². The highest BCUT2D eigenvalue weighted by Gasteiger charge is 2.34. The van der Waals surface area contributed by atoms with Gasteiger partial charge in [-0.15, -0.1) is 24.0 Å². The summed E-state index contributed by atoms with van der Waals surface area (Å²) in [5.41, 5.74) is -0.464. The number of aliphatic imine (C=N–C) groups is 1. The fourth-order valence-corrected chi connectivity index (χ4v) is 3.67. The van der Waals surface area contributed by atoms with Crippen LogP contribution in [0.4, 0.5) is 10.7 Å². The SMILES string of the molecule is CCNC(=NCCCN1CCN(c2ncccn2)CC1)NC1CN(C(=O)OC(C)(C)C)C1.I. The topological polar surface area (TPSA) is 98.2 Å². The number of hydrogen-bond acceptors (Lipinski definition) is 7. The molecule has 2 fully saturated rings. The number of hydrogen-bond donors (Lipinski definition) is 2. The number of carbonyl (C=O) groups is 1. The van der Waals surface area contributed by atoms with Crippen LogP contribution in [-0.2, 0) is 4.74 Å². The molecule has 0 unspecified atom stereocenters. The van der Waals surface area contributed by atoms with Crippen LogP contribution in [0.1, 0.15) is 34.1 Å². The quantitative estimate of drug-likeness (QED) is 0.220. The normalized spacial score (nSPS) is 17.8. The van der Waals surface area contributed by atoms with Gasteiger partial charge in [-0.05, 0) is 40.2 Å². The van der Waals surface area contributed by atoms with Gasteiger partial charge in [0.1, 0.15) is 5.60 Å². The van der Waals surface area contributed by atoms with Gasteiger partial charge in [0.05, 0.1) is 6.04 Å². The van der Waals surface area contributed by atoms with Gasteiger partial charge in [-0.25, -0.2) is 14.8 Å². The largest absolute Gasteiger partial charge is 0.444 e. The number of guanidine groups is 1. The molecule has 2 aliphatic rings. The molecule has 0 atom stereocenters. The predicted octanol–water partition coefficient (Wildman–Crippen LogP) is 1.78. The minimum Gasteiger partial charge on any atom is -0.444 e. The average Bonchev–Trinajstić information content (AvgIpc) is 2.73. The Labute approximate surface area is 214 Å².